The molecule has 0 aliphatic carbocycles. The van der Waals surface area contributed by atoms with Crippen molar-refractivity contribution in [2.75, 3.05) is 13.7 Å². The van der Waals surface area contributed by atoms with E-state index in [1.165, 1.54) is 0 Å². The van der Waals surface area contributed by atoms with Gasteiger partial charge in [-0.05, 0) is 0 Å². The minimum Gasteiger partial charge on any atom is -0.455 e. The van der Waals surface area contributed by atoms with E-state index >= 15 is 0 Å². The van der Waals surface area contributed by atoms with Crippen molar-refractivity contribution < 1.29 is 72.9 Å². The van der Waals surface area contributed by atoms with Gasteiger partial charge in [-0.15, -0.1) is 0 Å². The molecule has 0 radical (unpaired) electrons. The van der Waals surface area contributed by atoms with E-state index in [9.17, 15) is 53.9 Å². The average molecular weight is 437 g/mol. The van der Waals surface area contributed by atoms with Gasteiger partial charge in [0.05, 0.1) is 6.21 Å². The number of esters is 3. The summed E-state index contributed by atoms with van der Waals surface area (Å²) in [5.41, 5.74) is 0. The molecular formula is C11H8F9NO7. The van der Waals surface area contributed by atoms with Crippen molar-refractivity contribution in [2.45, 2.75) is 30.7 Å². The fourth-order valence-electron chi connectivity index (χ4n) is 1.15. The number of hydrogen-bond donors (Lipinski definition) is 0. The number of nitrogens with zero attached hydrogens (tertiary/aromatic N) is 1. The normalized spacial score (nSPS) is 14.9. The molecule has 28 heavy (non-hydrogen) atoms. The van der Waals surface area contributed by atoms with Gasteiger partial charge in [-0.25, -0.2) is 14.4 Å². The molecule has 2 unspecified atom stereocenters. The summed E-state index contributed by atoms with van der Waals surface area (Å²) in [5.74, 6) is -9.11. The minimum absolute atomic E-state index is 0.0549. The Morgan fingerprint density at radius 2 is 1.25 bits per heavy atom. The van der Waals surface area contributed by atoms with Gasteiger partial charge in [-0.2, -0.15) is 39.5 Å². The van der Waals surface area contributed by atoms with Crippen LogP contribution in [-0.4, -0.2) is 68.6 Å². The van der Waals surface area contributed by atoms with Crippen molar-refractivity contribution in [3.63, 3.8) is 0 Å². The predicted octanol–water partition coefficient (Wildman–Crippen LogP) is 1.67. The van der Waals surface area contributed by atoms with Crippen molar-refractivity contribution in [1.29, 1.82) is 0 Å². The largest absolute Gasteiger partial charge is 0.490 e. The molecule has 0 aliphatic rings. The van der Waals surface area contributed by atoms with Crippen LogP contribution in [0.15, 0.2) is 5.16 Å². The topological polar surface area (TPSA) is 100 Å². The van der Waals surface area contributed by atoms with Crippen LogP contribution in [0.1, 0.15) is 0 Å². The van der Waals surface area contributed by atoms with E-state index in [1.54, 1.807) is 0 Å². The van der Waals surface area contributed by atoms with Gasteiger partial charge in [0, 0.05) is 0 Å². The number of ether oxygens (including phenoxy) is 3. The molecule has 0 fully saturated rings. The molecule has 0 heterocycles. The third-order valence-electron chi connectivity index (χ3n) is 2.25. The van der Waals surface area contributed by atoms with E-state index in [2.05, 4.69) is 24.2 Å². The van der Waals surface area contributed by atoms with Crippen molar-refractivity contribution in [3.05, 3.63) is 0 Å². The first-order chi connectivity index (χ1) is 12.5. The fourth-order valence-corrected chi connectivity index (χ4v) is 1.15. The highest BCUT2D eigenvalue weighted by atomic mass is 19.4. The number of hydrogen-bond acceptors (Lipinski definition) is 8. The Morgan fingerprint density at radius 3 is 1.64 bits per heavy atom. The molecule has 0 aromatic rings. The third-order valence-corrected chi connectivity index (χ3v) is 2.25. The molecular weight excluding hydrogens is 429 g/mol. The highest BCUT2D eigenvalue weighted by molar-refractivity contribution is 5.80. The van der Waals surface area contributed by atoms with Gasteiger partial charge in [-0.1, -0.05) is 5.16 Å². The molecule has 0 amide bonds. The highest BCUT2D eigenvalue weighted by Crippen LogP contribution is 2.23. The molecule has 0 rings (SSSR count). The highest BCUT2D eigenvalue weighted by Gasteiger charge is 2.48. The Labute approximate surface area is 148 Å². The van der Waals surface area contributed by atoms with Gasteiger partial charge in [-0.3, -0.25) is 0 Å². The smallest absolute Gasteiger partial charge is 0.455 e. The number of rotatable bonds is 7. The number of carbonyl (C=O) groups excluding carboxylic acids is 3. The first-order valence-corrected chi connectivity index (χ1v) is 6.36. The zero-order chi connectivity index (χ0) is 22.3. The summed E-state index contributed by atoms with van der Waals surface area (Å²) in [5, 5.41) is 2.77. The van der Waals surface area contributed by atoms with Gasteiger partial charge in [0.25, 0.3) is 0 Å². The van der Waals surface area contributed by atoms with Gasteiger partial charge in [0.1, 0.15) is 13.7 Å². The number of alkyl halides is 9. The summed E-state index contributed by atoms with van der Waals surface area (Å²) in [4.78, 5) is 36.3. The van der Waals surface area contributed by atoms with Crippen LogP contribution in [-0.2, 0) is 33.4 Å². The maximum Gasteiger partial charge on any atom is 0.490 e. The lowest BCUT2D eigenvalue weighted by atomic mass is 10.2. The molecule has 0 N–H and O–H groups in total. The summed E-state index contributed by atoms with van der Waals surface area (Å²) in [6, 6.07) is 0. The van der Waals surface area contributed by atoms with E-state index in [-0.39, 0.29) is 6.21 Å². The van der Waals surface area contributed by atoms with E-state index < -0.39 is 55.3 Å². The number of carbonyl (C=O) groups is 3. The standard InChI is InChI=1S/C11H8F9NO7/c1-25-21-2-4(27-7(23)10(15,16)17)5(28-8(24)11(18,19)20)3-26-6(22)9(12,13)14/h2,4-5H,3H2,1H3. The molecule has 0 spiro atoms. The van der Waals surface area contributed by atoms with Gasteiger partial charge >= 0.3 is 36.4 Å². The Hall–Kier alpha value is -2.75. The van der Waals surface area contributed by atoms with Crippen LogP contribution >= 0.6 is 0 Å². The van der Waals surface area contributed by atoms with Crippen LogP contribution in [0, 0.1) is 0 Å². The van der Waals surface area contributed by atoms with Crippen molar-refractivity contribution in [1.82, 2.24) is 0 Å². The minimum atomic E-state index is -5.75. The van der Waals surface area contributed by atoms with Crippen LogP contribution in [0.25, 0.3) is 0 Å². The summed E-state index contributed by atoms with van der Waals surface area (Å²) in [6.45, 7) is -1.88. The molecule has 8 nitrogen and oxygen atoms in total. The summed E-state index contributed by atoms with van der Waals surface area (Å²) < 4.78 is 121. The van der Waals surface area contributed by atoms with Gasteiger partial charge < -0.3 is 19.0 Å². The molecule has 0 aromatic heterocycles. The first-order valence-electron chi connectivity index (χ1n) is 6.36. The monoisotopic (exact) mass is 437 g/mol. The van der Waals surface area contributed by atoms with Crippen LogP contribution in [0.5, 0.6) is 0 Å². The van der Waals surface area contributed by atoms with Gasteiger partial charge in [0.15, 0.2) is 12.2 Å². The van der Waals surface area contributed by atoms with Crippen LogP contribution in [0.4, 0.5) is 39.5 Å². The first kappa shape index (κ1) is 25.2. The number of halogens is 9. The predicted molar refractivity (Wildman–Crippen MR) is 64.4 cm³/mol. The van der Waals surface area contributed by atoms with Gasteiger partial charge in [0.2, 0.25) is 0 Å². The Morgan fingerprint density at radius 1 is 0.821 bits per heavy atom. The molecule has 2 atom stereocenters. The summed E-state index contributed by atoms with van der Waals surface area (Å²) in [7, 11) is 0.777. The Balaban J connectivity index is 5.67. The van der Waals surface area contributed by atoms with Crippen LogP contribution < -0.4 is 0 Å². The van der Waals surface area contributed by atoms with Crippen LogP contribution in [0.2, 0.25) is 0 Å². The third kappa shape index (κ3) is 8.76. The second-order valence-electron chi connectivity index (χ2n) is 4.34. The van der Waals surface area contributed by atoms with Crippen molar-refractivity contribution >= 4 is 24.1 Å². The number of oxime groups is 1. The lowest BCUT2D eigenvalue weighted by molar-refractivity contribution is -0.223. The summed E-state index contributed by atoms with van der Waals surface area (Å²) in [6.07, 6.45) is -22.5. The second kappa shape index (κ2) is 9.45. The van der Waals surface area contributed by atoms with E-state index in [1.807, 2.05) is 0 Å². The van der Waals surface area contributed by atoms with Crippen molar-refractivity contribution in [2.24, 2.45) is 5.16 Å². The second-order valence-corrected chi connectivity index (χ2v) is 4.34. The zero-order valence-corrected chi connectivity index (χ0v) is 13.1. The van der Waals surface area contributed by atoms with E-state index in [4.69, 9.17) is 0 Å². The van der Waals surface area contributed by atoms with Crippen LogP contribution in [0.3, 0.4) is 0 Å². The van der Waals surface area contributed by atoms with E-state index in [0.29, 0.717) is 0 Å². The molecule has 0 aromatic carbocycles. The average Bonchev–Trinajstić information content (AvgIpc) is 2.51. The Kier molecular flexibility index (Phi) is 8.52. The molecule has 0 saturated heterocycles. The molecule has 17 heteroatoms. The molecule has 0 bridgehead atoms. The SMILES string of the molecule is CON=CC(OC(=O)C(F)(F)F)C(COC(=O)C(F)(F)F)OC(=O)C(F)(F)F. The maximum absolute atomic E-state index is 12.3. The quantitative estimate of drug-likeness (QED) is 0.196. The molecule has 162 valence electrons. The van der Waals surface area contributed by atoms with Crippen molar-refractivity contribution in [3.8, 4) is 0 Å². The summed E-state index contributed by atoms with van der Waals surface area (Å²) >= 11 is 0. The zero-order valence-electron chi connectivity index (χ0n) is 13.1. The fraction of sp³-hybridized carbons (Fsp3) is 0.636. The van der Waals surface area contributed by atoms with E-state index in [0.717, 1.165) is 7.11 Å². The lowest BCUT2D eigenvalue weighted by Crippen LogP contribution is -2.45. The lowest BCUT2D eigenvalue weighted by Gasteiger charge is -2.24. The molecule has 0 aliphatic heterocycles. The Bertz CT molecular complexity index is 597. The molecule has 0 saturated carbocycles. The maximum atomic E-state index is 12.3.